The molecule has 2 aliphatic rings. The van der Waals surface area contributed by atoms with Crippen molar-refractivity contribution in [1.29, 1.82) is 0 Å². The highest BCUT2D eigenvalue weighted by atomic mass is 32.2. The predicted molar refractivity (Wildman–Crippen MR) is 75.8 cm³/mol. The van der Waals surface area contributed by atoms with E-state index in [-0.39, 0.29) is 24.9 Å². The van der Waals surface area contributed by atoms with E-state index in [1.54, 1.807) is 6.07 Å². The first-order valence-electron chi connectivity index (χ1n) is 6.51. The number of phenols is 1. The Morgan fingerprint density at radius 2 is 2.23 bits per heavy atom. The van der Waals surface area contributed by atoms with Gasteiger partial charge in [0.25, 0.3) is 10.1 Å². The maximum Gasteiger partial charge on any atom is 0.264 e. The molecule has 0 aliphatic carbocycles. The van der Waals surface area contributed by atoms with E-state index in [1.165, 1.54) is 13.2 Å². The van der Waals surface area contributed by atoms with Crippen LogP contribution in [0.1, 0.15) is 5.56 Å². The van der Waals surface area contributed by atoms with Crippen molar-refractivity contribution in [3.8, 4) is 17.2 Å². The molecule has 120 valence electrons. The highest BCUT2D eigenvalue weighted by Crippen LogP contribution is 2.40. The molecular formula is C13H15NO7S. The summed E-state index contributed by atoms with van der Waals surface area (Å²) in [5.41, 5.74) is 1.27. The molecule has 3 rings (SSSR count). The van der Waals surface area contributed by atoms with E-state index in [2.05, 4.69) is 5.16 Å². The second kappa shape index (κ2) is 5.33. The maximum absolute atomic E-state index is 11.1. The van der Waals surface area contributed by atoms with Gasteiger partial charge >= 0.3 is 0 Å². The van der Waals surface area contributed by atoms with E-state index >= 15 is 0 Å². The van der Waals surface area contributed by atoms with Crippen molar-refractivity contribution in [2.75, 3.05) is 26.6 Å². The molecule has 0 aromatic heterocycles. The number of hydrogen-bond donors (Lipinski definition) is 1. The third-order valence-electron chi connectivity index (χ3n) is 3.51. The van der Waals surface area contributed by atoms with E-state index in [9.17, 15) is 13.5 Å². The highest BCUT2D eigenvalue weighted by molar-refractivity contribution is 7.85. The molecule has 0 amide bonds. The molecule has 0 fully saturated rings. The fourth-order valence-electron chi connectivity index (χ4n) is 2.43. The zero-order valence-corrected chi connectivity index (χ0v) is 12.8. The lowest BCUT2D eigenvalue weighted by Crippen LogP contribution is -2.36. The number of nitrogens with zero attached hydrogens (tertiary/aromatic N) is 1. The minimum absolute atomic E-state index is 0.0313. The second-order valence-electron chi connectivity index (χ2n) is 5.05. The van der Waals surface area contributed by atoms with Crippen molar-refractivity contribution >= 4 is 15.8 Å². The second-order valence-corrected chi connectivity index (χ2v) is 6.69. The number of methoxy groups -OCH3 is 1. The first-order valence-corrected chi connectivity index (χ1v) is 8.33. The largest absolute Gasteiger partial charge is 0.504 e. The maximum atomic E-state index is 11.1. The van der Waals surface area contributed by atoms with Crippen LogP contribution in [0.3, 0.4) is 0 Å². The van der Waals surface area contributed by atoms with Crippen LogP contribution in [-0.2, 0) is 19.1 Å². The van der Waals surface area contributed by atoms with Gasteiger partial charge in [-0.1, -0.05) is 5.16 Å². The summed E-state index contributed by atoms with van der Waals surface area (Å²) >= 11 is 0. The number of aromatic hydroxyl groups is 1. The Hall–Kier alpha value is -2.00. The van der Waals surface area contributed by atoms with Gasteiger partial charge in [0.2, 0.25) is 0 Å². The van der Waals surface area contributed by atoms with Gasteiger partial charge in [0.15, 0.2) is 17.6 Å². The van der Waals surface area contributed by atoms with Crippen molar-refractivity contribution in [2.24, 2.45) is 11.1 Å². The van der Waals surface area contributed by atoms with Gasteiger partial charge in [-0.25, -0.2) is 0 Å². The van der Waals surface area contributed by atoms with Crippen molar-refractivity contribution in [3.63, 3.8) is 0 Å². The van der Waals surface area contributed by atoms with Gasteiger partial charge in [-0.15, -0.1) is 0 Å². The molecule has 2 unspecified atom stereocenters. The third kappa shape index (κ3) is 2.69. The lowest BCUT2D eigenvalue weighted by atomic mass is 9.90. The van der Waals surface area contributed by atoms with Crippen molar-refractivity contribution in [2.45, 2.75) is 6.10 Å². The summed E-state index contributed by atoms with van der Waals surface area (Å²) < 4.78 is 37.6. The van der Waals surface area contributed by atoms with Gasteiger partial charge in [0.05, 0.1) is 19.3 Å². The van der Waals surface area contributed by atoms with Crippen LogP contribution in [0.4, 0.5) is 0 Å². The molecule has 0 radical (unpaired) electrons. The minimum Gasteiger partial charge on any atom is -0.504 e. The number of fused-ring (bicyclic) bond motifs is 3. The lowest BCUT2D eigenvalue weighted by molar-refractivity contribution is 0.0175. The molecule has 2 aliphatic heterocycles. The van der Waals surface area contributed by atoms with Gasteiger partial charge in [-0.2, -0.15) is 8.42 Å². The Morgan fingerprint density at radius 3 is 2.91 bits per heavy atom. The van der Waals surface area contributed by atoms with Crippen LogP contribution < -0.4 is 9.47 Å². The molecule has 0 bridgehead atoms. The number of rotatable bonds is 4. The van der Waals surface area contributed by atoms with Crippen molar-refractivity contribution < 1.29 is 32.0 Å². The van der Waals surface area contributed by atoms with Crippen LogP contribution in [-0.4, -0.2) is 51.9 Å². The smallest absolute Gasteiger partial charge is 0.264 e. The van der Waals surface area contributed by atoms with Gasteiger partial charge < -0.3 is 19.4 Å². The summed E-state index contributed by atoms with van der Waals surface area (Å²) in [7, 11) is -2.11. The van der Waals surface area contributed by atoms with E-state index < -0.39 is 16.2 Å². The van der Waals surface area contributed by atoms with E-state index in [0.717, 1.165) is 6.26 Å². The van der Waals surface area contributed by atoms with Gasteiger partial charge in [-0.05, 0) is 6.07 Å². The molecule has 1 aromatic rings. The first-order chi connectivity index (χ1) is 10.4. The van der Waals surface area contributed by atoms with Crippen LogP contribution in [0.5, 0.6) is 17.2 Å². The number of oxime groups is 1. The molecule has 22 heavy (non-hydrogen) atoms. The van der Waals surface area contributed by atoms with Crippen molar-refractivity contribution in [3.05, 3.63) is 17.7 Å². The molecule has 2 atom stereocenters. The Labute approximate surface area is 127 Å². The summed E-state index contributed by atoms with van der Waals surface area (Å²) in [6.45, 7) is 0.125. The Bertz CT molecular complexity index is 728. The molecular weight excluding hydrogens is 314 g/mol. The standard InChI is InChI=1S/C13H15NO7S/c1-18-11-3-7-10(4-9(11)15)19-5-8-12(21-14-13(7)8)6-20-22(2,16)17/h3-4,8,12,15H,5-6H2,1-2H3. The van der Waals surface area contributed by atoms with Gasteiger partial charge in [0.1, 0.15) is 24.7 Å². The summed E-state index contributed by atoms with van der Waals surface area (Å²) in [6.07, 6.45) is 0.432. The fraction of sp³-hybridized carbons (Fsp3) is 0.462. The summed E-state index contributed by atoms with van der Waals surface area (Å²) in [6, 6.07) is 3.06. The monoisotopic (exact) mass is 329 g/mol. The molecule has 0 saturated carbocycles. The quantitative estimate of drug-likeness (QED) is 0.802. The topological polar surface area (TPSA) is 104 Å². The zero-order valence-electron chi connectivity index (χ0n) is 12.0. The highest BCUT2D eigenvalue weighted by Gasteiger charge is 2.41. The number of benzene rings is 1. The predicted octanol–water partition coefficient (Wildman–Crippen LogP) is 0.488. The van der Waals surface area contributed by atoms with Crippen molar-refractivity contribution in [1.82, 2.24) is 0 Å². The van der Waals surface area contributed by atoms with Crippen LogP contribution in [0.25, 0.3) is 0 Å². The van der Waals surface area contributed by atoms with Crippen LogP contribution >= 0.6 is 0 Å². The van der Waals surface area contributed by atoms with Crippen LogP contribution in [0.2, 0.25) is 0 Å². The first kappa shape index (κ1) is 14.9. The average molecular weight is 329 g/mol. The SMILES string of the molecule is COc1cc2c(cc1O)OCC1C2=NOC1COS(C)(=O)=O. The number of phenolic OH excluding ortho intramolecular Hbond substituents is 1. The summed E-state index contributed by atoms with van der Waals surface area (Å²) in [4.78, 5) is 5.27. The molecule has 1 aromatic carbocycles. The van der Waals surface area contributed by atoms with Crippen LogP contribution in [0, 0.1) is 5.92 Å². The zero-order chi connectivity index (χ0) is 15.9. The molecule has 1 N–H and O–H groups in total. The van der Waals surface area contributed by atoms with E-state index in [1.807, 2.05) is 0 Å². The van der Waals surface area contributed by atoms with Gasteiger partial charge in [-0.3, -0.25) is 4.18 Å². The Balaban J connectivity index is 1.84. The van der Waals surface area contributed by atoms with Crippen LogP contribution in [0.15, 0.2) is 17.3 Å². The Morgan fingerprint density at radius 1 is 1.45 bits per heavy atom. The number of hydrogen-bond acceptors (Lipinski definition) is 8. The molecule has 8 nitrogen and oxygen atoms in total. The molecule has 9 heteroatoms. The van der Waals surface area contributed by atoms with Gasteiger partial charge in [0, 0.05) is 11.6 Å². The fourth-order valence-corrected chi connectivity index (χ4v) is 2.81. The summed E-state index contributed by atoms with van der Waals surface area (Å²) in [5, 5.41) is 13.8. The normalized spacial score (nSPS) is 22.9. The molecule has 0 saturated heterocycles. The lowest BCUT2D eigenvalue weighted by Gasteiger charge is -2.25. The summed E-state index contributed by atoms with van der Waals surface area (Å²) in [5.74, 6) is 0.489. The van der Waals surface area contributed by atoms with E-state index in [0.29, 0.717) is 22.8 Å². The number of ether oxygens (including phenoxy) is 2. The third-order valence-corrected chi connectivity index (χ3v) is 4.07. The Kier molecular flexibility index (Phi) is 3.61. The molecule has 0 spiro atoms. The van der Waals surface area contributed by atoms with E-state index in [4.69, 9.17) is 18.5 Å². The minimum atomic E-state index is -3.55. The molecule has 2 heterocycles. The average Bonchev–Trinajstić information content (AvgIpc) is 2.87.